The number of carbonyl (C=O) groups is 2. The van der Waals surface area contributed by atoms with Gasteiger partial charge >= 0.3 is 0 Å². The summed E-state index contributed by atoms with van der Waals surface area (Å²) in [4.78, 5) is 27.2. The molecule has 0 radical (unpaired) electrons. The molecule has 2 N–H and O–H groups in total. The van der Waals surface area contributed by atoms with Crippen LogP contribution < -0.4 is 15.5 Å². The number of nitrogens with one attached hydrogen (secondary N) is 2. The van der Waals surface area contributed by atoms with Crippen LogP contribution in [0.25, 0.3) is 0 Å². The number of para-hydroxylation sites is 2. The Morgan fingerprint density at radius 3 is 2.62 bits per heavy atom. The molecule has 1 aliphatic carbocycles. The molecule has 0 bridgehead atoms. The minimum Gasteiger partial charge on any atom is -0.359 e. The van der Waals surface area contributed by atoms with Crippen molar-refractivity contribution in [2.45, 2.75) is 38.3 Å². The van der Waals surface area contributed by atoms with E-state index in [2.05, 4.69) is 34.6 Å². The lowest BCUT2D eigenvalue weighted by molar-refractivity contribution is -0.115. The number of nitrogens with zero attached hydrogens (tertiary/aromatic N) is 1. The Kier molecular flexibility index (Phi) is 4.37. The zero-order chi connectivity index (χ0) is 18.1. The maximum atomic E-state index is 12.6. The largest absolute Gasteiger partial charge is 0.359 e. The van der Waals surface area contributed by atoms with Crippen molar-refractivity contribution < 1.29 is 9.59 Å². The van der Waals surface area contributed by atoms with Gasteiger partial charge in [0.05, 0.1) is 17.8 Å². The Hall–Kier alpha value is -2.82. The van der Waals surface area contributed by atoms with Crippen molar-refractivity contribution in [2.24, 2.45) is 0 Å². The van der Waals surface area contributed by atoms with E-state index in [1.807, 2.05) is 24.3 Å². The van der Waals surface area contributed by atoms with E-state index in [0.29, 0.717) is 11.3 Å². The van der Waals surface area contributed by atoms with E-state index in [0.717, 1.165) is 24.9 Å². The monoisotopic (exact) mass is 349 g/mol. The molecule has 2 aromatic carbocycles. The molecule has 26 heavy (non-hydrogen) atoms. The molecule has 1 aliphatic heterocycles. The van der Waals surface area contributed by atoms with Gasteiger partial charge in [0.2, 0.25) is 5.91 Å². The summed E-state index contributed by atoms with van der Waals surface area (Å²) in [5.74, 6) is -0.233. The van der Waals surface area contributed by atoms with Gasteiger partial charge in [-0.05, 0) is 49.9 Å². The van der Waals surface area contributed by atoms with E-state index < -0.39 is 0 Å². The molecule has 5 heteroatoms. The van der Waals surface area contributed by atoms with Crippen molar-refractivity contribution in [3.63, 3.8) is 0 Å². The maximum Gasteiger partial charge on any atom is 0.253 e. The molecule has 1 fully saturated rings. The molecule has 5 nitrogen and oxygen atoms in total. The van der Waals surface area contributed by atoms with Crippen molar-refractivity contribution in [2.75, 3.05) is 16.8 Å². The molecule has 2 amide bonds. The molecular formula is C21H23N3O2. The molecule has 2 aromatic rings. The first-order valence-corrected chi connectivity index (χ1v) is 9.16. The number of fused-ring (bicyclic) bond motifs is 1. The Balaban J connectivity index is 1.46. The summed E-state index contributed by atoms with van der Waals surface area (Å²) in [5, 5.41) is 5.90. The third-order valence-corrected chi connectivity index (χ3v) is 5.02. The van der Waals surface area contributed by atoms with Crippen LogP contribution in [0.15, 0.2) is 48.5 Å². The molecule has 4 rings (SSSR count). The first-order chi connectivity index (χ1) is 12.6. The second-order valence-corrected chi connectivity index (χ2v) is 7.15. The number of benzene rings is 2. The highest BCUT2D eigenvalue weighted by molar-refractivity contribution is 6.04. The zero-order valence-corrected chi connectivity index (χ0v) is 14.9. The molecule has 1 saturated carbocycles. The molecule has 1 heterocycles. The smallest absolute Gasteiger partial charge is 0.253 e. The van der Waals surface area contributed by atoms with Crippen LogP contribution in [0.3, 0.4) is 0 Å². The summed E-state index contributed by atoms with van der Waals surface area (Å²) in [7, 11) is 0. The molecule has 0 saturated heterocycles. The predicted molar refractivity (Wildman–Crippen MR) is 103 cm³/mol. The van der Waals surface area contributed by atoms with E-state index in [4.69, 9.17) is 0 Å². The number of hydrogen-bond donors (Lipinski definition) is 2. The highest BCUT2D eigenvalue weighted by atomic mass is 16.2. The van der Waals surface area contributed by atoms with E-state index in [9.17, 15) is 9.59 Å². The van der Waals surface area contributed by atoms with Crippen molar-refractivity contribution >= 4 is 23.2 Å². The van der Waals surface area contributed by atoms with Gasteiger partial charge in [0.15, 0.2) is 0 Å². The van der Waals surface area contributed by atoms with E-state index in [1.54, 1.807) is 12.1 Å². The minimum atomic E-state index is -0.122. The van der Waals surface area contributed by atoms with E-state index >= 15 is 0 Å². The van der Waals surface area contributed by atoms with Crippen LogP contribution >= 0.6 is 0 Å². The van der Waals surface area contributed by atoms with Gasteiger partial charge in [-0.1, -0.05) is 30.3 Å². The number of anilines is 2. The van der Waals surface area contributed by atoms with Crippen molar-refractivity contribution in [3.05, 3.63) is 59.7 Å². The normalized spacial score (nSPS) is 18.3. The van der Waals surface area contributed by atoms with E-state index in [-0.39, 0.29) is 30.4 Å². The summed E-state index contributed by atoms with van der Waals surface area (Å²) in [6.07, 6.45) is 3.02. The molecule has 0 unspecified atom stereocenters. The molecule has 0 spiro atoms. The highest BCUT2D eigenvalue weighted by Gasteiger charge is 2.28. The number of amides is 2. The van der Waals surface area contributed by atoms with E-state index in [1.165, 1.54) is 5.56 Å². The third-order valence-electron chi connectivity index (χ3n) is 5.02. The van der Waals surface area contributed by atoms with Crippen LogP contribution in [0, 0.1) is 0 Å². The van der Waals surface area contributed by atoms with Crippen LogP contribution in [-0.2, 0) is 11.2 Å². The van der Waals surface area contributed by atoms with Gasteiger partial charge in [0.1, 0.15) is 0 Å². The fraction of sp³-hybridized carbons (Fsp3) is 0.333. The van der Waals surface area contributed by atoms with Crippen LogP contribution in [0.4, 0.5) is 11.4 Å². The summed E-state index contributed by atoms with van der Waals surface area (Å²) in [6, 6.07) is 15.9. The van der Waals surface area contributed by atoms with Crippen LogP contribution in [0.5, 0.6) is 0 Å². The fourth-order valence-electron chi connectivity index (χ4n) is 3.50. The van der Waals surface area contributed by atoms with Crippen LogP contribution in [0.2, 0.25) is 0 Å². The first kappa shape index (κ1) is 16.6. The average Bonchev–Trinajstić information content (AvgIpc) is 3.39. The fourth-order valence-corrected chi connectivity index (χ4v) is 3.50. The molecule has 0 aromatic heterocycles. The average molecular weight is 349 g/mol. The summed E-state index contributed by atoms with van der Waals surface area (Å²) >= 11 is 0. The Morgan fingerprint density at radius 2 is 1.81 bits per heavy atom. The van der Waals surface area contributed by atoms with Crippen molar-refractivity contribution in [1.29, 1.82) is 0 Å². The van der Waals surface area contributed by atoms with Crippen molar-refractivity contribution in [3.8, 4) is 0 Å². The Labute approximate surface area is 153 Å². The molecule has 2 aliphatic rings. The first-order valence-electron chi connectivity index (χ1n) is 9.16. The topological polar surface area (TPSA) is 61.4 Å². The van der Waals surface area contributed by atoms with Gasteiger partial charge in [-0.25, -0.2) is 0 Å². The van der Waals surface area contributed by atoms with Gasteiger partial charge in [-0.3, -0.25) is 9.59 Å². The van der Waals surface area contributed by atoms with Gasteiger partial charge in [-0.15, -0.1) is 0 Å². The Morgan fingerprint density at radius 1 is 1.08 bits per heavy atom. The number of carbonyl (C=O) groups excluding carboxylic acids is 2. The van der Waals surface area contributed by atoms with Gasteiger partial charge in [-0.2, -0.15) is 0 Å². The summed E-state index contributed by atoms with van der Waals surface area (Å²) in [5.41, 5.74) is 3.48. The van der Waals surface area contributed by atoms with Gasteiger partial charge < -0.3 is 15.5 Å². The molecule has 1 atom stereocenters. The predicted octanol–water partition coefficient (Wildman–Crippen LogP) is 2.97. The second kappa shape index (κ2) is 6.83. The standard InChI is InChI=1S/C21H23N3O2/c1-14-12-15-6-2-5-9-19(15)24(14)13-20(25)23-18-8-4-3-7-17(18)21(26)22-16-10-11-16/h2-9,14,16H,10-13H2,1H3,(H,22,26)(H,23,25)/t14-/m0/s1. The summed E-state index contributed by atoms with van der Waals surface area (Å²) in [6.45, 7) is 2.40. The lowest BCUT2D eigenvalue weighted by Crippen LogP contribution is -2.37. The van der Waals surface area contributed by atoms with Crippen molar-refractivity contribution in [1.82, 2.24) is 5.32 Å². The highest BCUT2D eigenvalue weighted by Crippen LogP contribution is 2.31. The third kappa shape index (κ3) is 3.43. The summed E-state index contributed by atoms with van der Waals surface area (Å²) < 4.78 is 0. The lowest BCUT2D eigenvalue weighted by Gasteiger charge is -2.24. The van der Waals surface area contributed by atoms with Gasteiger partial charge in [0.25, 0.3) is 5.91 Å². The quantitative estimate of drug-likeness (QED) is 0.872. The lowest BCUT2D eigenvalue weighted by atomic mass is 10.1. The number of rotatable bonds is 5. The second-order valence-electron chi connectivity index (χ2n) is 7.15. The molecular weight excluding hydrogens is 326 g/mol. The van der Waals surface area contributed by atoms with Gasteiger partial charge in [0, 0.05) is 17.8 Å². The Bertz CT molecular complexity index is 845. The molecule has 134 valence electrons. The number of hydrogen-bond acceptors (Lipinski definition) is 3. The van der Waals surface area contributed by atoms with Crippen LogP contribution in [0.1, 0.15) is 35.7 Å². The SMILES string of the molecule is C[C@H]1Cc2ccccc2N1CC(=O)Nc1ccccc1C(=O)NC1CC1. The van der Waals surface area contributed by atoms with Crippen LogP contribution in [-0.4, -0.2) is 30.4 Å². The zero-order valence-electron chi connectivity index (χ0n) is 14.9. The maximum absolute atomic E-state index is 12.6. The minimum absolute atomic E-state index is 0.111.